The van der Waals surface area contributed by atoms with Crippen molar-refractivity contribution < 1.29 is 29.0 Å². The molecular formula is C25H31N3O6. The highest BCUT2D eigenvalue weighted by Gasteiger charge is 2.30. The Labute approximate surface area is 199 Å². The Morgan fingerprint density at radius 1 is 1.03 bits per heavy atom. The van der Waals surface area contributed by atoms with E-state index in [0.29, 0.717) is 36.7 Å². The van der Waals surface area contributed by atoms with Crippen molar-refractivity contribution in [1.82, 2.24) is 10.2 Å². The molecule has 1 heterocycles. The van der Waals surface area contributed by atoms with Gasteiger partial charge in [0.05, 0.1) is 12.6 Å². The second-order valence-electron chi connectivity index (χ2n) is 9.13. The summed E-state index contributed by atoms with van der Waals surface area (Å²) in [5, 5.41) is 12.1. The molecule has 2 aromatic rings. The summed E-state index contributed by atoms with van der Waals surface area (Å²) >= 11 is 0. The summed E-state index contributed by atoms with van der Waals surface area (Å²) in [6.07, 6.45) is 0.0900. The second-order valence-corrected chi connectivity index (χ2v) is 9.13. The summed E-state index contributed by atoms with van der Waals surface area (Å²) in [5.41, 5.74) is -0.00389. The molecule has 34 heavy (non-hydrogen) atoms. The molecule has 1 aliphatic rings. The van der Waals surface area contributed by atoms with Gasteiger partial charge < -0.3 is 29.7 Å². The van der Waals surface area contributed by atoms with E-state index in [4.69, 9.17) is 9.47 Å². The summed E-state index contributed by atoms with van der Waals surface area (Å²) < 4.78 is 11.0. The first-order chi connectivity index (χ1) is 16.1. The third-order valence-electron chi connectivity index (χ3n) is 5.09. The Morgan fingerprint density at radius 2 is 1.68 bits per heavy atom. The standard InChI is InChI=1S/C25H31N3O6/c1-25(2,3)34-24(32)26-18-13-14-27(15-18)22(29)16-28(17-23(30)31)19-9-11-21(12-10-19)33-20-7-5-4-6-8-20/h4-12,18H,13-17H2,1-3H3,(H,26,32)(H,30,31)/t18-/m0/s1. The number of rotatable bonds is 8. The quantitative estimate of drug-likeness (QED) is 0.609. The van der Waals surface area contributed by atoms with E-state index in [1.807, 2.05) is 30.3 Å². The van der Waals surface area contributed by atoms with Crippen LogP contribution in [0.5, 0.6) is 11.5 Å². The summed E-state index contributed by atoms with van der Waals surface area (Å²) in [6.45, 7) is 5.77. The molecule has 2 N–H and O–H groups in total. The molecule has 2 amide bonds. The summed E-state index contributed by atoms with van der Waals surface area (Å²) in [7, 11) is 0. The molecule has 0 radical (unpaired) electrons. The highest BCUT2D eigenvalue weighted by Crippen LogP contribution is 2.24. The minimum atomic E-state index is -1.04. The molecule has 1 fully saturated rings. The Kier molecular flexibility index (Phi) is 7.99. The SMILES string of the molecule is CC(C)(C)OC(=O)N[C@H]1CCN(C(=O)CN(CC(=O)O)c2ccc(Oc3ccccc3)cc2)C1. The first kappa shape index (κ1) is 24.9. The predicted octanol–water partition coefficient (Wildman–Crippen LogP) is 3.50. The van der Waals surface area contributed by atoms with Crippen LogP contribution in [-0.2, 0) is 14.3 Å². The van der Waals surface area contributed by atoms with Crippen LogP contribution in [0.15, 0.2) is 54.6 Å². The van der Waals surface area contributed by atoms with Gasteiger partial charge in [-0.05, 0) is 63.6 Å². The fraction of sp³-hybridized carbons (Fsp3) is 0.400. The number of carbonyl (C=O) groups excluding carboxylic acids is 2. The molecule has 0 saturated carbocycles. The van der Waals surface area contributed by atoms with Gasteiger partial charge in [0, 0.05) is 18.8 Å². The van der Waals surface area contributed by atoms with Crippen LogP contribution in [0.25, 0.3) is 0 Å². The molecule has 0 aromatic heterocycles. The number of ether oxygens (including phenoxy) is 2. The highest BCUT2D eigenvalue weighted by molar-refractivity contribution is 5.84. The van der Waals surface area contributed by atoms with Crippen LogP contribution in [-0.4, -0.2) is 65.8 Å². The average Bonchev–Trinajstić information content (AvgIpc) is 3.21. The smallest absolute Gasteiger partial charge is 0.407 e. The van der Waals surface area contributed by atoms with Gasteiger partial charge in [-0.2, -0.15) is 0 Å². The van der Waals surface area contributed by atoms with E-state index in [1.165, 1.54) is 4.90 Å². The zero-order valence-corrected chi connectivity index (χ0v) is 19.7. The molecule has 0 bridgehead atoms. The van der Waals surface area contributed by atoms with Crippen molar-refractivity contribution in [1.29, 1.82) is 0 Å². The minimum absolute atomic E-state index is 0.0929. The number of para-hydroxylation sites is 1. The normalized spacial score (nSPS) is 15.5. The van der Waals surface area contributed by atoms with Gasteiger partial charge in [0.15, 0.2) is 0 Å². The van der Waals surface area contributed by atoms with Gasteiger partial charge in [-0.15, -0.1) is 0 Å². The second kappa shape index (κ2) is 10.9. The van der Waals surface area contributed by atoms with Crippen LogP contribution in [0.3, 0.4) is 0 Å². The van der Waals surface area contributed by atoms with Gasteiger partial charge in [0.2, 0.25) is 5.91 Å². The molecule has 1 aliphatic heterocycles. The Balaban J connectivity index is 1.59. The van der Waals surface area contributed by atoms with Crippen molar-refractivity contribution in [2.24, 2.45) is 0 Å². The predicted molar refractivity (Wildman–Crippen MR) is 127 cm³/mol. The van der Waals surface area contributed by atoms with E-state index in [9.17, 15) is 19.5 Å². The number of hydrogen-bond donors (Lipinski definition) is 2. The number of aliphatic carboxylic acids is 1. The number of benzene rings is 2. The Morgan fingerprint density at radius 3 is 2.29 bits per heavy atom. The van der Waals surface area contributed by atoms with E-state index in [0.717, 1.165) is 0 Å². The molecule has 1 saturated heterocycles. The van der Waals surface area contributed by atoms with E-state index in [2.05, 4.69) is 5.32 Å². The number of carboxylic acid groups (broad SMARTS) is 1. The monoisotopic (exact) mass is 469 g/mol. The van der Waals surface area contributed by atoms with Crippen LogP contribution in [0.4, 0.5) is 10.5 Å². The molecule has 2 aromatic carbocycles. The topological polar surface area (TPSA) is 108 Å². The van der Waals surface area contributed by atoms with Crippen molar-refractivity contribution in [3.63, 3.8) is 0 Å². The number of alkyl carbamates (subject to hydrolysis) is 1. The molecular weight excluding hydrogens is 438 g/mol. The lowest BCUT2D eigenvalue weighted by Crippen LogP contribution is -2.44. The lowest BCUT2D eigenvalue weighted by molar-refractivity contribution is -0.135. The van der Waals surface area contributed by atoms with Gasteiger partial charge in [-0.1, -0.05) is 18.2 Å². The third kappa shape index (κ3) is 7.68. The number of carbonyl (C=O) groups is 3. The van der Waals surface area contributed by atoms with Gasteiger partial charge in [-0.25, -0.2) is 4.79 Å². The maximum atomic E-state index is 12.9. The lowest BCUT2D eigenvalue weighted by Gasteiger charge is -2.26. The number of amides is 2. The van der Waals surface area contributed by atoms with Crippen LogP contribution in [0.1, 0.15) is 27.2 Å². The minimum Gasteiger partial charge on any atom is -0.480 e. The maximum Gasteiger partial charge on any atom is 0.407 e. The Hall–Kier alpha value is -3.75. The van der Waals surface area contributed by atoms with Crippen molar-refractivity contribution in [2.75, 3.05) is 31.1 Å². The first-order valence-electron chi connectivity index (χ1n) is 11.2. The Bertz CT molecular complexity index is 988. The van der Waals surface area contributed by atoms with Crippen LogP contribution < -0.4 is 15.0 Å². The van der Waals surface area contributed by atoms with E-state index < -0.39 is 17.7 Å². The van der Waals surface area contributed by atoms with Gasteiger partial charge in [0.25, 0.3) is 0 Å². The van der Waals surface area contributed by atoms with Crippen molar-refractivity contribution in [3.05, 3.63) is 54.6 Å². The molecule has 3 rings (SSSR count). The summed E-state index contributed by atoms with van der Waals surface area (Å²) in [6, 6.07) is 16.0. The zero-order valence-electron chi connectivity index (χ0n) is 19.7. The van der Waals surface area contributed by atoms with Crippen LogP contribution >= 0.6 is 0 Å². The number of anilines is 1. The van der Waals surface area contributed by atoms with Crippen LogP contribution in [0, 0.1) is 0 Å². The number of likely N-dealkylation sites (tertiary alicyclic amines) is 1. The van der Waals surface area contributed by atoms with E-state index >= 15 is 0 Å². The zero-order chi connectivity index (χ0) is 24.7. The molecule has 9 nitrogen and oxygen atoms in total. The van der Waals surface area contributed by atoms with Crippen LogP contribution in [0.2, 0.25) is 0 Å². The fourth-order valence-electron chi connectivity index (χ4n) is 3.59. The highest BCUT2D eigenvalue weighted by atomic mass is 16.6. The molecule has 182 valence electrons. The molecule has 0 aliphatic carbocycles. The van der Waals surface area contributed by atoms with Gasteiger partial charge in [-0.3, -0.25) is 9.59 Å². The van der Waals surface area contributed by atoms with Crippen molar-refractivity contribution >= 4 is 23.7 Å². The molecule has 0 spiro atoms. The largest absolute Gasteiger partial charge is 0.480 e. The fourth-order valence-corrected chi connectivity index (χ4v) is 3.59. The molecule has 1 atom stereocenters. The molecule has 9 heteroatoms. The lowest BCUT2D eigenvalue weighted by atomic mass is 10.2. The van der Waals surface area contributed by atoms with Crippen molar-refractivity contribution in [3.8, 4) is 11.5 Å². The number of nitrogens with one attached hydrogen (secondary N) is 1. The van der Waals surface area contributed by atoms with Crippen molar-refractivity contribution in [2.45, 2.75) is 38.8 Å². The van der Waals surface area contributed by atoms with E-state index in [1.54, 1.807) is 49.9 Å². The first-order valence-corrected chi connectivity index (χ1v) is 11.2. The summed E-state index contributed by atoms with van der Waals surface area (Å²) in [4.78, 5) is 39.5. The maximum absolute atomic E-state index is 12.9. The number of carboxylic acids is 1. The number of hydrogen-bond acceptors (Lipinski definition) is 6. The summed E-state index contributed by atoms with van der Waals surface area (Å²) in [5.74, 6) is 0.0474. The third-order valence-corrected chi connectivity index (χ3v) is 5.09. The van der Waals surface area contributed by atoms with Gasteiger partial charge in [0.1, 0.15) is 23.6 Å². The molecule has 0 unspecified atom stereocenters. The van der Waals surface area contributed by atoms with E-state index in [-0.39, 0.29) is 25.0 Å². The number of nitrogens with zero attached hydrogens (tertiary/aromatic N) is 2. The average molecular weight is 470 g/mol. The van der Waals surface area contributed by atoms with Gasteiger partial charge >= 0.3 is 12.1 Å².